The quantitative estimate of drug-likeness (QED) is 0.916. The second-order valence-electron chi connectivity index (χ2n) is 5.38. The molecule has 1 aliphatic rings. The second-order valence-corrected chi connectivity index (χ2v) is 5.38. The van der Waals surface area contributed by atoms with Crippen LogP contribution < -0.4 is 15.1 Å². The molecular weight excluding hydrogens is 268 g/mol. The van der Waals surface area contributed by atoms with Crippen LogP contribution in [-0.4, -0.2) is 48.2 Å². The van der Waals surface area contributed by atoms with E-state index in [4.69, 9.17) is 4.42 Å². The lowest BCUT2D eigenvalue weighted by Crippen LogP contribution is -2.39. The number of hydrogen-bond acceptors (Lipinski definition) is 7. The van der Waals surface area contributed by atoms with E-state index in [1.54, 1.807) is 18.8 Å². The van der Waals surface area contributed by atoms with Gasteiger partial charge in [-0.15, -0.1) is 0 Å². The van der Waals surface area contributed by atoms with Crippen LogP contribution in [-0.2, 0) is 0 Å². The summed E-state index contributed by atoms with van der Waals surface area (Å²) >= 11 is 0. The molecule has 2 aromatic rings. The number of hydrogen-bond donors (Lipinski definition) is 1. The normalized spacial score (nSPS) is 16.0. The zero-order chi connectivity index (χ0) is 14.7. The summed E-state index contributed by atoms with van der Waals surface area (Å²) in [7, 11) is 3.95. The van der Waals surface area contributed by atoms with Crippen molar-refractivity contribution in [3.05, 3.63) is 24.9 Å². The average Bonchev–Trinajstić information content (AvgIpc) is 3.02. The first-order valence-corrected chi connectivity index (χ1v) is 7.13. The van der Waals surface area contributed by atoms with Crippen molar-refractivity contribution in [1.29, 1.82) is 0 Å². The van der Waals surface area contributed by atoms with Crippen molar-refractivity contribution in [2.24, 2.45) is 0 Å². The molecule has 2 aromatic heterocycles. The van der Waals surface area contributed by atoms with E-state index >= 15 is 0 Å². The molecule has 7 heteroatoms. The summed E-state index contributed by atoms with van der Waals surface area (Å²) in [6.45, 7) is 1.87. The summed E-state index contributed by atoms with van der Waals surface area (Å²) in [5.74, 6) is 1.79. The summed E-state index contributed by atoms with van der Waals surface area (Å²) in [5.41, 5.74) is 0. The number of aromatic nitrogens is 3. The van der Waals surface area contributed by atoms with Crippen LogP contribution in [0.25, 0.3) is 0 Å². The molecule has 0 amide bonds. The van der Waals surface area contributed by atoms with Gasteiger partial charge >= 0.3 is 0 Å². The van der Waals surface area contributed by atoms with Gasteiger partial charge in [0, 0.05) is 39.3 Å². The van der Waals surface area contributed by atoms with Gasteiger partial charge in [0.2, 0.25) is 0 Å². The minimum atomic E-state index is 0.418. The van der Waals surface area contributed by atoms with Crippen LogP contribution in [0.15, 0.2) is 29.3 Å². The average molecular weight is 288 g/mol. The lowest BCUT2D eigenvalue weighted by molar-refractivity contribution is 0.470. The molecule has 0 radical (unpaired) electrons. The van der Waals surface area contributed by atoms with Gasteiger partial charge in [-0.2, -0.15) is 0 Å². The van der Waals surface area contributed by atoms with Crippen LogP contribution in [0, 0.1) is 0 Å². The van der Waals surface area contributed by atoms with Crippen molar-refractivity contribution < 1.29 is 4.42 Å². The highest BCUT2D eigenvalue weighted by atomic mass is 16.4. The van der Waals surface area contributed by atoms with Crippen LogP contribution in [0.2, 0.25) is 0 Å². The number of oxazole rings is 1. The molecule has 3 heterocycles. The maximum absolute atomic E-state index is 5.34. The van der Waals surface area contributed by atoms with E-state index in [-0.39, 0.29) is 0 Å². The van der Waals surface area contributed by atoms with Crippen molar-refractivity contribution in [3.8, 4) is 0 Å². The highest BCUT2D eigenvalue weighted by Crippen LogP contribution is 2.20. The number of nitrogens with zero attached hydrogens (tertiary/aromatic N) is 5. The summed E-state index contributed by atoms with van der Waals surface area (Å²) < 4.78 is 5.34. The Kier molecular flexibility index (Phi) is 3.89. The zero-order valence-electron chi connectivity index (χ0n) is 12.4. The standard InChI is InChI=1S/C14H20N6O/c1-19(2)13-9-12(16-10-17-13)18-11-3-6-20(7-4-11)14-15-5-8-21-14/h5,8-11H,3-4,6-7H2,1-2H3,(H,16,17,18). The Hall–Kier alpha value is -2.31. The smallest absolute Gasteiger partial charge is 0.297 e. The van der Waals surface area contributed by atoms with Gasteiger partial charge in [0.05, 0.1) is 6.20 Å². The van der Waals surface area contributed by atoms with Crippen molar-refractivity contribution >= 4 is 17.7 Å². The topological polar surface area (TPSA) is 70.3 Å². The second kappa shape index (κ2) is 5.99. The van der Waals surface area contributed by atoms with E-state index in [0.717, 1.165) is 37.6 Å². The molecule has 1 saturated heterocycles. The van der Waals surface area contributed by atoms with Gasteiger partial charge in [-0.25, -0.2) is 15.0 Å². The Balaban J connectivity index is 1.57. The van der Waals surface area contributed by atoms with Crippen molar-refractivity contribution in [1.82, 2.24) is 15.0 Å². The molecule has 0 atom stereocenters. The third-order valence-electron chi connectivity index (χ3n) is 3.65. The van der Waals surface area contributed by atoms with Crippen LogP contribution in [0.5, 0.6) is 0 Å². The fraction of sp³-hybridized carbons (Fsp3) is 0.500. The van der Waals surface area contributed by atoms with E-state index < -0.39 is 0 Å². The van der Waals surface area contributed by atoms with Gasteiger partial charge in [-0.1, -0.05) is 0 Å². The Morgan fingerprint density at radius 3 is 2.71 bits per heavy atom. The summed E-state index contributed by atoms with van der Waals surface area (Å²) in [5, 5.41) is 3.49. The highest BCUT2D eigenvalue weighted by Gasteiger charge is 2.21. The summed E-state index contributed by atoms with van der Waals surface area (Å²) in [6.07, 6.45) is 6.96. The van der Waals surface area contributed by atoms with Crippen LogP contribution in [0.3, 0.4) is 0 Å². The van der Waals surface area contributed by atoms with Crippen molar-refractivity contribution in [2.45, 2.75) is 18.9 Å². The third-order valence-corrected chi connectivity index (χ3v) is 3.65. The van der Waals surface area contributed by atoms with Gasteiger partial charge in [0.25, 0.3) is 6.01 Å². The van der Waals surface area contributed by atoms with E-state index in [9.17, 15) is 0 Å². The minimum absolute atomic E-state index is 0.418. The molecule has 112 valence electrons. The molecule has 0 aromatic carbocycles. The Labute approximate surface area is 124 Å². The van der Waals surface area contributed by atoms with Crippen LogP contribution >= 0.6 is 0 Å². The molecule has 1 fully saturated rings. The first kappa shape index (κ1) is 13.7. The fourth-order valence-corrected chi connectivity index (χ4v) is 2.47. The first-order chi connectivity index (χ1) is 10.2. The van der Waals surface area contributed by atoms with Gasteiger partial charge in [0.1, 0.15) is 24.2 Å². The fourth-order valence-electron chi connectivity index (χ4n) is 2.47. The molecule has 0 aliphatic carbocycles. The molecule has 1 N–H and O–H groups in total. The van der Waals surface area contributed by atoms with Gasteiger partial charge in [0.15, 0.2) is 0 Å². The number of nitrogens with one attached hydrogen (secondary N) is 1. The monoisotopic (exact) mass is 288 g/mol. The van der Waals surface area contributed by atoms with Crippen LogP contribution in [0.1, 0.15) is 12.8 Å². The lowest BCUT2D eigenvalue weighted by atomic mass is 10.1. The van der Waals surface area contributed by atoms with Crippen molar-refractivity contribution in [3.63, 3.8) is 0 Å². The molecular formula is C14H20N6O. The largest absolute Gasteiger partial charge is 0.432 e. The first-order valence-electron chi connectivity index (χ1n) is 7.13. The predicted molar refractivity (Wildman–Crippen MR) is 81.7 cm³/mol. The Morgan fingerprint density at radius 1 is 1.24 bits per heavy atom. The SMILES string of the molecule is CN(C)c1cc(NC2CCN(c3ncco3)CC2)ncn1. The van der Waals surface area contributed by atoms with E-state index in [1.165, 1.54) is 0 Å². The van der Waals surface area contributed by atoms with E-state index in [1.807, 2.05) is 25.1 Å². The minimum Gasteiger partial charge on any atom is -0.432 e. The third kappa shape index (κ3) is 3.24. The maximum Gasteiger partial charge on any atom is 0.297 e. The number of anilines is 3. The van der Waals surface area contributed by atoms with Gasteiger partial charge in [-0.05, 0) is 12.8 Å². The number of piperidine rings is 1. The molecule has 1 aliphatic heterocycles. The molecule has 21 heavy (non-hydrogen) atoms. The highest BCUT2D eigenvalue weighted by molar-refractivity contribution is 5.48. The zero-order valence-corrected chi connectivity index (χ0v) is 12.4. The Bertz CT molecular complexity index is 563. The van der Waals surface area contributed by atoms with Gasteiger partial charge < -0.3 is 19.5 Å². The lowest BCUT2D eigenvalue weighted by Gasteiger charge is -2.31. The molecule has 0 bridgehead atoms. The maximum atomic E-state index is 5.34. The van der Waals surface area contributed by atoms with E-state index in [0.29, 0.717) is 12.1 Å². The molecule has 0 unspecified atom stereocenters. The summed E-state index contributed by atoms with van der Waals surface area (Å²) in [4.78, 5) is 16.8. The molecule has 0 spiro atoms. The van der Waals surface area contributed by atoms with Gasteiger partial charge in [-0.3, -0.25) is 0 Å². The Morgan fingerprint density at radius 2 is 2.05 bits per heavy atom. The molecule has 0 saturated carbocycles. The summed E-state index contributed by atoms with van der Waals surface area (Å²) in [6, 6.07) is 3.10. The van der Waals surface area contributed by atoms with Crippen molar-refractivity contribution in [2.75, 3.05) is 42.3 Å². The predicted octanol–water partition coefficient (Wildman–Crippen LogP) is 1.61. The van der Waals surface area contributed by atoms with Crippen LogP contribution in [0.4, 0.5) is 17.7 Å². The van der Waals surface area contributed by atoms with E-state index in [2.05, 4.69) is 25.2 Å². The molecule has 7 nitrogen and oxygen atoms in total. The number of rotatable bonds is 4. The molecule has 3 rings (SSSR count).